The third kappa shape index (κ3) is 6.03. The van der Waals surface area contributed by atoms with Crippen LogP contribution < -0.4 is 19.7 Å². The van der Waals surface area contributed by atoms with E-state index in [9.17, 15) is 13.6 Å². The van der Waals surface area contributed by atoms with Crippen LogP contribution in [0.5, 0.6) is 11.5 Å². The van der Waals surface area contributed by atoms with Crippen LogP contribution in [0.25, 0.3) is 0 Å². The zero-order chi connectivity index (χ0) is 25.7. The van der Waals surface area contributed by atoms with Crippen molar-refractivity contribution in [3.8, 4) is 11.5 Å². The summed E-state index contributed by atoms with van der Waals surface area (Å²) >= 11 is 11.4. The number of benzene rings is 3. The Morgan fingerprint density at radius 2 is 1.75 bits per heavy atom. The van der Waals surface area contributed by atoms with Crippen LogP contribution in [0.4, 0.5) is 20.2 Å². The molecule has 0 aromatic heterocycles. The van der Waals surface area contributed by atoms with Crippen molar-refractivity contribution in [2.24, 2.45) is 0 Å². The number of hydrogen-bond acceptors (Lipinski definition) is 5. The number of thiocarbonyl (C=S) groups is 1. The largest absolute Gasteiger partial charge is 0.493 e. The first kappa shape index (κ1) is 25.7. The van der Waals surface area contributed by atoms with E-state index in [0.29, 0.717) is 54.0 Å². The molecule has 0 unspecified atom stereocenters. The number of amides is 1. The predicted octanol–water partition coefficient (Wildman–Crippen LogP) is 5.14. The number of methoxy groups -OCH3 is 1. The molecule has 1 heterocycles. The van der Waals surface area contributed by atoms with Crippen molar-refractivity contribution in [3.05, 3.63) is 82.9 Å². The molecule has 6 nitrogen and oxygen atoms in total. The number of nitrogens with zero attached hydrogens (tertiary/aromatic N) is 2. The van der Waals surface area contributed by atoms with Gasteiger partial charge in [0.25, 0.3) is 5.91 Å². The van der Waals surface area contributed by atoms with Crippen LogP contribution >= 0.6 is 23.8 Å². The fraction of sp³-hybridized carbons (Fsp3) is 0.231. The summed E-state index contributed by atoms with van der Waals surface area (Å²) in [6.07, 6.45) is 0. The van der Waals surface area contributed by atoms with E-state index in [-0.39, 0.29) is 17.4 Å². The molecule has 0 spiro atoms. The van der Waals surface area contributed by atoms with Crippen LogP contribution in [0.1, 0.15) is 5.56 Å². The molecular formula is C26H24ClF2N3O3S. The quantitative estimate of drug-likeness (QED) is 0.426. The molecule has 0 radical (unpaired) electrons. The topological polar surface area (TPSA) is 54.0 Å². The lowest BCUT2D eigenvalue weighted by molar-refractivity contribution is -0.118. The van der Waals surface area contributed by atoms with E-state index in [1.54, 1.807) is 30.3 Å². The first-order valence-corrected chi connectivity index (χ1v) is 12.0. The molecule has 1 fully saturated rings. The molecule has 4 rings (SSSR count). The zero-order valence-electron chi connectivity index (χ0n) is 19.5. The number of hydrogen-bond donors (Lipinski definition) is 1. The first-order valence-electron chi connectivity index (χ1n) is 11.2. The fourth-order valence-corrected chi connectivity index (χ4v) is 4.37. The standard InChI is InChI=1S/C26H24ClF2N3O3S/c1-34-24-14-17(26(36)32-12-10-31(11-13-32)22-5-3-2-4-21(22)29)6-9-23(24)35-16-25(33)30-18-7-8-20(28)19(27)15-18/h2-9,14-15H,10-13,16H2,1H3,(H,30,33). The number of carbonyl (C=O) groups is 1. The molecule has 0 atom stereocenters. The summed E-state index contributed by atoms with van der Waals surface area (Å²) in [5, 5.41) is 2.51. The zero-order valence-corrected chi connectivity index (χ0v) is 21.0. The van der Waals surface area contributed by atoms with Crippen LogP contribution in [0.3, 0.4) is 0 Å². The number of anilines is 2. The summed E-state index contributed by atoms with van der Waals surface area (Å²) < 4.78 is 38.5. The molecule has 0 aliphatic carbocycles. The van der Waals surface area contributed by atoms with Crippen LogP contribution in [0.2, 0.25) is 5.02 Å². The average Bonchev–Trinajstić information content (AvgIpc) is 2.89. The van der Waals surface area contributed by atoms with E-state index < -0.39 is 11.7 Å². The van der Waals surface area contributed by atoms with Gasteiger partial charge in [0, 0.05) is 37.4 Å². The van der Waals surface area contributed by atoms with Crippen molar-refractivity contribution in [2.75, 3.05) is 50.1 Å². The molecule has 1 amide bonds. The smallest absolute Gasteiger partial charge is 0.262 e. The summed E-state index contributed by atoms with van der Waals surface area (Å²) in [6.45, 7) is 2.32. The normalized spacial score (nSPS) is 13.3. The van der Waals surface area contributed by atoms with E-state index in [0.717, 1.165) is 5.56 Å². The second kappa shape index (κ2) is 11.5. The number of rotatable bonds is 7. The lowest BCUT2D eigenvalue weighted by Gasteiger charge is -2.37. The summed E-state index contributed by atoms with van der Waals surface area (Å²) in [7, 11) is 1.50. The van der Waals surface area contributed by atoms with Crippen LogP contribution in [0.15, 0.2) is 60.7 Å². The highest BCUT2D eigenvalue weighted by Crippen LogP contribution is 2.29. The molecule has 10 heteroatoms. The number of nitrogens with one attached hydrogen (secondary N) is 1. The Morgan fingerprint density at radius 3 is 2.44 bits per heavy atom. The van der Waals surface area contributed by atoms with Gasteiger partial charge in [0.1, 0.15) is 16.6 Å². The molecule has 36 heavy (non-hydrogen) atoms. The van der Waals surface area contributed by atoms with Gasteiger partial charge in [0.2, 0.25) is 0 Å². The Morgan fingerprint density at radius 1 is 1.00 bits per heavy atom. The maximum atomic E-state index is 14.1. The van der Waals surface area contributed by atoms with Gasteiger partial charge in [0.05, 0.1) is 17.8 Å². The molecule has 0 bridgehead atoms. The van der Waals surface area contributed by atoms with Crippen molar-refractivity contribution in [1.82, 2.24) is 4.90 Å². The van der Waals surface area contributed by atoms with Crippen LogP contribution in [0, 0.1) is 11.6 Å². The Balaban J connectivity index is 1.34. The van der Waals surface area contributed by atoms with Gasteiger partial charge in [0.15, 0.2) is 18.1 Å². The maximum absolute atomic E-state index is 14.1. The highest BCUT2D eigenvalue weighted by molar-refractivity contribution is 7.80. The minimum absolute atomic E-state index is 0.0874. The van der Waals surface area contributed by atoms with E-state index in [2.05, 4.69) is 10.2 Å². The van der Waals surface area contributed by atoms with Crippen molar-refractivity contribution < 1.29 is 23.0 Å². The molecule has 3 aromatic rings. The number of carbonyl (C=O) groups excluding carboxylic acids is 1. The van der Waals surface area contributed by atoms with Gasteiger partial charge in [-0.05, 0) is 48.5 Å². The predicted molar refractivity (Wildman–Crippen MR) is 140 cm³/mol. The Hall–Kier alpha value is -3.43. The molecule has 1 N–H and O–H groups in total. The second-order valence-electron chi connectivity index (χ2n) is 8.06. The summed E-state index contributed by atoms with van der Waals surface area (Å²) in [4.78, 5) is 17.0. The van der Waals surface area contributed by atoms with Gasteiger partial charge in [-0.3, -0.25) is 4.79 Å². The third-order valence-corrected chi connectivity index (χ3v) is 6.52. The number of para-hydroxylation sites is 1. The van der Waals surface area contributed by atoms with Gasteiger partial charge < -0.3 is 24.6 Å². The minimum Gasteiger partial charge on any atom is -0.493 e. The molecule has 0 saturated carbocycles. The van der Waals surface area contributed by atoms with Crippen LogP contribution in [-0.2, 0) is 4.79 Å². The highest BCUT2D eigenvalue weighted by Gasteiger charge is 2.22. The maximum Gasteiger partial charge on any atom is 0.262 e. The summed E-state index contributed by atoms with van der Waals surface area (Å²) in [6, 6.07) is 15.9. The molecule has 3 aromatic carbocycles. The molecular weight excluding hydrogens is 508 g/mol. The van der Waals surface area contributed by atoms with Crippen molar-refractivity contribution in [3.63, 3.8) is 0 Å². The fourth-order valence-electron chi connectivity index (χ4n) is 3.88. The second-order valence-corrected chi connectivity index (χ2v) is 8.86. The lowest BCUT2D eigenvalue weighted by Crippen LogP contribution is -2.48. The van der Waals surface area contributed by atoms with Gasteiger partial charge >= 0.3 is 0 Å². The van der Waals surface area contributed by atoms with Gasteiger partial charge in [-0.1, -0.05) is 36.0 Å². The first-order chi connectivity index (χ1) is 17.4. The Kier molecular flexibility index (Phi) is 8.22. The van der Waals surface area contributed by atoms with E-state index in [1.165, 1.54) is 31.4 Å². The van der Waals surface area contributed by atoms with E-state index in [1.807, 2.05) is 11.0 Å². The number of ether oxygens (including phenoxy) is 2. The summed E-state index contributed by atoms with van der Waals surface area (Å²) in [5.41, 5.74) is 1.73. The molecule has 1 aliphatic heterocycles. The van der Waals surface area contributed by atoms with Crippen molar-refractivity contribution in [2.45, 2.75) is 0 Å². The third-order valence-electron chi connectivity index (χ3n) is 5.73. The van der Waals surface area contributed by atoms with Crippen LogP contribution in [-0.4, -0.2) is 55.7 Å². The highest BCUT2D eigenvalue weighted by atomic mass is 35.5. The Labute approximate surface area is 218 Å². The minimum atomic E-state index is -0.569. The molecule has 1 aliphatic rings. The SMILES string of the molecule is COc1cc(C(=S)N2CCN(c3ccccc3F)CC2)ccc1OCC(=O)Nc1ccc(F)c(Cl)c1. The molecule has 188 valence electrons. The van der Waals surface area contributed by atoms with Gasteiger partial charge in [-0.15, -0.1) is 0 Å². The Bertz CT molecular complexity index is 1270. The number of piperazine rings is 1. The van der Waals surface area contributed by atoms with Gasteiger partial charge in [-0.25, -0.2) is 8.78 Å². The number of halogens is 3. The van der Waals surface area contributed by atoms with Crippen molar-refractivity contribution in [1.29, 1.82) is 0 Å². The monoisotopic (exact) mass is 531 g/mol. The summed E-state index contributed by atoms with van der Waals surface area (Å²) in [5.74, 6) is -0.435. The van der Waals surface area contributed by atoms with E-state index >= 15 is 0 Å². The van der Waals surface area contributed by atoms with Crippen molar-refractivity contribution >= 4 is 46.1 Å². The van der Waals surface area contributed by atoms with E-state index in [4.69, 9.17) is 33.3 Å². The molecule has 1 saturated heterocycles. The average molecular weight is 532 g/mol. The lowest BCUT2D eigenvalue weighted by atomic mass is 10.1. The van der Waals surface area contributed by atoms with Gasteiger partial charge in [-0.2, -0.15) is 0 Å².